The molecule has 0 atom stereocenters. The molecule has 0 amide bonds. The van der Waals surface area contributed by atoms with Gasteiger partial charge in [0.2, 0.25) is 0 Å². The summed E-state index contributed by atoms with van der Waals surface area (Å²) in [6.45, 7) is 17.8. The van der Waals surface area contributed by atoms with Crippen LogP contribution in [0.2, 0.25) is 0 Å². The van der Waals surface area contributed by atoms with E-state index >= 15 is 0 Å². The molecule has 0 radical (unpaired) electrons. The molecule has 0 saturated heterocycles. The Labute approximate surface area is 258 Å². The zero-order valence-corrected chi connectivity index (χ0v) is 28.0. The molecular weight excluding hydrogens is 583 g/mol. The first-order valence-electron chi connectivity index (χ1n) is 12.8. The minimum absolute atomic E-state index is 0. The Morgan fingerprint density at radius 1 is 0.789 bits per heavy atom. The Kier molecular flexibility index (Phi) is 13.3. The Bertz CT molecular complexity index is 1260. The normalized spacial score (nSPS) is 11.3. The van der Waals surface area contributed by atoms with Crippen LogP contribution in [0.15, 0.2) is 78.9 Å². The van der Waals surface area contributed by atoms with Gasteiger partial charge in [-0.25, -0.2) is 6.07 Å². The average molecular weight is 623 g/mol. The molecule has 4 aromatic carbocycles. The SMILES string of the molecule is CC(C)(C)c1ccc([CH]=[Zr+2])cc1.Cc1cc(C(C)(C)C)c(C)[cH-]1.[Cl-].[Cl-].[c-]1cccc2c1Cc1ccccc1-2. The van der Waals surface area contributed by atoms with Crippen molar-refractivity contribution in [3.05, 3.63) is 124 Å². The monoisotopic (exact) mass is 620 g/mol. The van der Waals surface area contributed by atoms with Gasteiger partial charge in [-0.15, -0.1) is 5.56 Å². The predicted molar refractivity (Wildman–Crippen MR) is 154 cm³/mol. The molecule has 4 aromatic rings. The molecule has 1 aliphatic rings. The summed E-state index contributed by atoms with van der Waals surface area (Å²) in [5.74, 6) is 0. The van der Waals surface area contributed by atoms with Crippen molar-refractivity contribution in [2.75, 3.05) is 0 Å². The number of aryl methyl sites for hydroxylation is 2. The van der Waals surface area contributed by atoms with Gasteiger partial charge >= 0.3 is 89.5 Å². The van der Waals surface area contributed by atoms with E-state index in [1.165, 1.54) is 74.3 Å². The summed E-state index contributed by atoms with van der Waals surface area (Å²) in [7, 11) is 0. The van der Waals surface area contributed by atoms with Crippen molar-refractivity contribution < 1.29 is 49.0 Å². The third kappa shape index (κ3) is 9.22. The predicted octanol–water partition coefficient (Wildman–Crippen LogP) is 3.07. The van der Waals surface area contributed by atoms with Crippen LogP contribution in [0.1, 0.15) is 80.5 Å². The Morgan fingerprint density at radius 3 is 1.89 bits per heavy atom. The summed E-state index contributed by atoms with van der Waals surface area (Å²) in [4.78, 5) is 0. The number of benzene rings is 3. The standard InChI is InChI=1S/C13H9.C11H17.C11H14.2ClH.Zr/c1-3-7-12-10(5-1)9-11-6-2-4-8-13(11)12;1-8-6-9(2)10(7-8)11(3,4)5;1-9-5-7-10(8-6-9)11(2,3)4;;;/h1-5,7-8H,9H2;6-7H,1-5H3;1,5-8H,2-4H3;2*1H;/q2*-1;;;;+2/p-2. The van der Waals surface area contributed by atoms with Gasteiger partial charge in [-0.2, -0.15) is 52.6 Å². The maximum absolute atomic E-state index is 3.30. The fourth-order valence-corrected chi connectivity index (χ4v) is 5.16. The van der Waals surface area contributed by atoms with Gasteiger partial charge < -0.3 is 24.8 Å². The second-order valence-corrected chi connectivity index (χ2v) is 12.5. The third-order valence-corrected chi connectivity index (χ3v) is 7.43. The summed E-state index contributed by atoms with van der Waals surface area (Å²) in [6.07, 6.45) is 1.05. The number of halogens is 2. The summed E-state index contributed by atoms with van der Waals surface area (Å²) in [5, 5.41) is 0. The summed E-state index contributed by atoms with van der Waals surface area (Å²) in [6, 6.07) is 31.5. The molecule has 0 bridgehead atoms. The van der Waals surface area contributed by atoms with Crippen LogP contribution in [0, 0.1) is 19.9 Å². The molecular formula is C35H40Cl2Zr-2. The van der Waals surface area contributed by atoms with Gasteiger partial charge in [0.1, 0.15) is 0 Å². The van der Waals surface area contributed by atoms with E-state index in [4.69, 9.17) is 0 Å². The molecule has 0 aliphatic heterocycles. The molecule has 0 unspecified atom stereocenters. The Morgan fingerprint density at radius 2 is 1.39 bits per heavy atom. The molecule has 5 rings (SSSR count). The van der Waals surface area contributed by atoms with Gasteiger partial charge in [0.15, 0.2) is 0 Å². The van der Waals surface area contributed by atoms with Crippen LogP contribution in [0.4, 0.5) is 0 Å². The molecule has 0 aromatic heterocycles. The first-order chi connectivity index (χ1) is 16.9. The van der Waals surface area contributed by atoms with E-state index in [0.717, 1.165) is 6.42 Å². The molecule has 38 heavy (non-hydrogen) atoms. The van der Waals surface area contributed by atoms with Gasteiger partial charge in [0.25, 0.3) is 0 Å². The molecule has 3 heteroatoms. The summed E-state index contributed by atoms with van der Waals surface area (Å²) in [5.41, 5.74) is 13.1. The third-order valence-electron chi connectivity index (χ3n) is 6.61. The molecule has 0 saturated carbocycles. The molecule has 0 N–H and O–H groups in total. The van der Waals surface area contributed by atoms with Gasteiger partial charge in [-0.3, -0.25) is 0 Å². The van der Waals surface area contributed by atoms with E-state index < -0.39 is 0 Å². The zero-order valence-electron chi connectivity index (χ0n) is 24.0. The van der Waals surface area contributed by atoms with Gasteiger partial charge in [0.05, 0.1) is 0 Å². The number of fused-ring (bicyclic) bond motifs is 3. The van der Waals surface area contributed by atoms with Crippen molar-refractivity contribution in [3.8, 4) is 11.1 Å². The fraction of sp³-hybridized carbons (Fsp3) is 0.314. The van der Waals surface area contributed by atoms with Crippen LogP contribution in [-0.2, 0) is 41.5 Å². The number of hydrogen-bond donors (Lipinski definition) is 0. The van der Waals surface area contributed by atoms with E-state index in [1.54, 1.807) is 0 Å². The summed E-state index contributed by atoms with van der Waals surface area (Å²) >= 11 is 1.46. The van der Waals surface area contributed by atoms with Crippen LogP contribution in [0.3, 0.4) is 0 Å². The molecule has 0 heterocycles. The number of hydrogen-bond acceptors (Lipinski definition) is 0. The first kappa shape index (κ1) is 34.4. The van der Waals surface area contributed by atoms with Crippen LogP contribution >= 0.6 is 0 Å². The maximum atomic E-state index is 3.30. The minimum Gasteiger partial charge on any atom is -1.00 e. The van der Waals surface area contributed by atoms with Gasteiger partial charge in [-0.1, -0.05) is 75.4 Å². The Hall–Kier alpha value is -1.66. The van der Waals surface area contributed by atoms with Crippen LogP contribution in [0.5, 0.6) is 0 Å². The van der Waals surface area contributed by atoms with Crippen LogP contribution in [-0.4, -0.2) is 3.71 Å². The minimum atomic E-state index is 0. The van der Waals surface area contributed by atoms with Crippen molar-refractivity contribution >= 4 is 3.71 Å². The van der Waals surface area contributed by atoms with Crippen molar-refractivity contribution in [2.45, 2.75) is 72.6 Å². The quantitative estimate of drug-likeness (QED) is 0.252. The maximum Gasteiger partial charge on any atom is -0.0253 e. The van der Waals surface area contributed by atoms with Gasteiger partial charge in [-0.05, 0) is 6.42 Å². The largest absolute Gasteiger partial charge is 1.00 e. The van der Waals surface area contributed by atoms with Crippen molar-refractivity contribution in [3.63, 3.8) is 0 Å². The molecule has 200 valence electrons. The van der Waals surface area contributed by atoms with Crippen LogP contribution in [0.25, 0.3) is 11.1 Å². The van der Waals surface area contributed by atoms with Crippen LogP contribution < -0.4 is 24.8 Å². The van der Waals surface area contributed by atoms with E-state index in [2.05, 4.69) is 138 Å². The zero-order chi connectivity index (χ0) is 26.5. The van der Waals surface area contributed by atoms with Crippen molar-refractivity contribution in [1.29, 1.82) is 0 Å². The van der Waals surface area contributed by atoms with E-state index in [1.807, 2.05) is 6.07 Å². The fourth-order valence-electron chi connectivity index (χ4n) is 4.69. The molecule has 1 aliphatic carbocycles. The van der Waals surface area contributed by atoms with Gasteiger partial charge in [0, 0.05) is 0 Å². The molecule has 0 spiro atoms. The smallest absolute Gasteiger partial charge is 0.0253 e. The van der Waals surface area contributed by atoms with Crippen molar-refractivity contribution in [2.24, 2.45) is 0 Å². The first-order valence-corrected chi connectivity index (χ1v) is 14.3. The second kappa shape index (κ2) is 14.6. The van der Waals surface area contributed by atoms with E-state index in [9.17, 15) is 0 Å². The summed E-state index contributed by atoms with van der Waals surface area (Å²) < 4.78 is 2.21. The average Bonchev–Trinajstić information content (AvgIpc) is 3.38. The Balaban J connectivity index is 0.000000279. The van der Waals surface area contributed by atoms with Crippen molar-refractivity contribution in [1.82, 2.24) is 0 Å². The van der Waals surface area contributed by atoms with E-state index in [0.29, 0.717) is 5.41 Å². The molecule has 0 fully saturated rings. The topological polar surface area (TPSA) is 0 Å². The second-order valence-electron chi connectivity index (χ2n) is 11.8. The van der Waals surface area contributed by atoms with E-state index in [-0.39, 0.29) is 30.2 Å². The molecule has 0 nitrogen and oxygen atoms in total. The number of rotatable bonds is 1.